The molecule has 1 aliphatic rings. The molecule has 1 saturated carbocycles. The molecule has 0 aromatic carbocycles. The summed E-state index contributed by atoms with van der Waals surface area (Å²) in [5, 5.41) is 15.0. The third-order valence-electron chi connectivity index (χ3n) is 3.96. The van der Waals surface area contributed by atoms with E-state index in [0.717, 1.165) is 6.42 Å². The first kappa shape index (κ1) is 13.7. The van der Waals surface area contributed by atoms with Gasteiger partial charge in [0.05, 0.1) is 0 Å². The fraction of sp³-hybridized carbons (Fsp3) is 0.500. The maximum atomic E-state index is 12.2. The van der Waals surface area contributed by atoms with Crippen molar-refractivity contribution in [3.05, 3.63) is 30.5 Å². The Morgan fingerprint density at radius 2 is 2.14 bits per heavy atom. The van der Waals surface area contributed by atoms with E-state index in [2.05, 4.69) is 32.5 Å². The van der Waals surface area contributed by atoms with Gasteiger partial charge < -0.3 is 5.32 Å². The summed E-state index contributed by atoms with van der Waals surface area (Å²) in [6.45, 7) is 2.18. The van der Waals surface area contributed by atoms with Crippen molar-refractivity contribution >= 4 is 5.91 Å². The average molecular weight is 286 g/mol. The number of carbonyl (C=O) groups excluding carboxylic acids is 1. The maximum absolute atomic E-state index is 12.2. The number of rotatable bonds is 3. The van der Waals surface area contributed by atoms with Gasteiger partial charge in [-0.3, -0.25) is 4.79 Å². The van der Waals surface area contributed by atoms with E-state index in [1.54, 1.807) is 12.1 Å². The van der Waals surface area contributed by atoms with Crippen LogP contribution >= 0.6 is 0 Å². The normalized spacial score (nSPS) is 22.0. The molecule has 110 valence electrons. The van der Waals surface area contributed by atoms with Crippen LogP contribution < -0.4 is 5.32 Å². The first-order chi connectivity index (χ1) is 10.2. The van der Waals surface area contributed by atoms with Crippen molar-refractivity contribution in [1.82, 2.24) is 30.3 Å². The summed E-state index contributed by atoms with van der Waals surface area (Å²) >= 11 is 0. The van der Waals surface area contributed by atoms with Crippen LogP contribution in [0.4, 0.5) is 0 Å². The summed E-state index contributed by atoms with van der Waals surface area (Å²) in [4.78, 5) is 16.1. The Balaban J connectivity index is 1.67. The Kier molecular flexibility index (Phi) is 3.89. The van der Waals surface area contributed by atoms with E-state index < -0.39 is 0 Å². The lowest BCUT2D eigenvalue weighted by Crippen LogP contribution is -2.41. The molecule has 0 saturated heterocycles. The van der Waals surface area contributed by atoms with Gasteiger partial charge in [0.1, 0.15) is 12.7 Å². The van der Waals surface area contributed by atoms with E-state index in [4.69, 9.17) is 0 Å². The van der Waals surface area contributed by atoms with Gasteiger partial charge in [-0.15, -0.1) is 10.2 Å². The van der Waals surface area contributed by atoms with Crippen molar-refractivity contribution in [3.8, 4) is 5.82 Å². The highest BCUT2D eigenvalue weighted by Gasteiger charge is 2.23. The quantitative estimate of drug-likeness (QED) is 0.921. The Labute approximate surface area is 122 Å². The molecule has 7 nitrogen and oxygen atoms in total. The maximum Gasteiger partial charge on any atom is 0.272 e. The first-order valence-electron chi connectivity index (χ1n) is 7.23. The standard InChI is InChI=1S/C14H18N6O/c1-10-4-2-3-5-11(10)17-14(21)12-6-7-13(19-18-12)20-9-15-8-16-20/h6-11H,2-5H2,1H3,(H,17,21). The van der Waals surface area contributed by atoms with Crippen molar-refractivity contribution < 1.29 is 4.79 Å². The zero-order valence-electron chi connectivity index (χ0n) is 11.9. The molecule has 2 atom stereocenters. The van der Waals surface area contributed by atoms with Crippen LogP contribution in [-0.4, -0.2) is 36.9 Å². The second-order valence-corrected chi connectivity index (χ2v) is 5.46. The molecule has 7 heteroatoms. The number of hydrogen-bond donors (Lipinski definition) is 1. The highest BCUT2D eigenvalue weighted by molar-refractivity contribution is 5.92. The minimum atomic E-state index is -0.161. The van der Waals surface area contributed by atoms with Gasteiger partial charge in [-0.05, 0) is 30.9 Å². The second kappa shape index (κ2) is 5.99. The number of nitrogens with zero attached hydrogens (tertiary/aromatic N) is 5. The van der Waals surface area contributed by atoms with Crippen LogP contribution in [0, 0.1) is 5.92 Å². The third-order valence-corrected chi connectivity index (χ3v) is 3.96. The highest BCUT2D eigenvalue weighted by Crippen LogP contribution is 2.23. The average Bonchev–Trinajstić information content (AvgIpc) is 3.04. The topological polar surface area (TPSA) is 85.6 Å². The molecule has 21 heavy (non-hydrogen) atoms. The highest BCUT2D eigenvalue weighted by atomic mass is 16.2. The minimum absolute atomic E-state index is 0.161. The lowest BCUT2D eigenvalue weighted by Gasteiger charge is -2.29. The Morgan fingerprint density at radius 1 is 1.29 bits per heavy atom. The van der Waals surface area contributed by atoms with Gasteiger partial charge in [-0.25, -0.2) is 9.67 Å². The molecule has 0 spiro atoms. The van der Waals surface area contributed by atoms with Crippen LogP contribution in [0.2, 0.25) is 0 Å². The van der Waals surface area contributed by atoms with Crippen molar-refractivity contribution in [2.75, 3.05) is 0 Å². The van der Waals surface area contributed by atoms with Gasteiger partial charge in [0.2, 0.25) is 0 Å². The summed E-state index contributed by atoms with van der Waals surface area (Å²) in [5.74, 6) is 0.895. The van der Waals surface area contributed by atoms with Gasteiger partial charge in [0.15, 0.2) is 11.5 Å². The molecule has 0 bridgehead atoms. The van der Waals surface area contributed by atoms with Gasteiger partial charge in [0, 0.05) is 6.04 Å². The zero-order chi connectivity index (χ0) is 14.7. The summed E-state index contributed by atoms with van der Waals surface area (Å²) in [5.41, 5.74) is 0.330. The van der Waals surface area contributed by atoms with Gasteiger partial charge in [-0.2, -0.15) is 5.10 Å². The molecule has 2 heterocycles. The van der Waals surface area contributed by atoms with Gasteiger partial charge in [-0.1, -0.05) is 19.8 Å². The number of carbonyl (C=O) groups is 1. The molecular weight excluding hydrogens is 268 g/mol. The fourth-order valence-corrected chi connectivity index (χ4v) is 2.67. The van der Waals surface area contributed by atoms with Gasteiger partial charge >= 0.3 is 0 Å². The number of nitrogens with one attached hydrogen (secondary N) is 1. The predicted molar refractivity (Wildman–Crippen MR) is 75.8 cm³/mol. The van der Waals surface area contributed by atoms with E-state index in [-0.39, 0.29) is 11.9 Å². The van der Waals surface area contributed by atoms with Crippen LogP contribution in [-0.2, 0) is 0 Å². The minimum Gasteiger partial charge on any atom is -0.348 e. The van der Waals surface area contributed by atoms with Crippen LogP contribution in [0.25, 0.3) is 5.82 Å². The zero-order valence-corrected chi connectivity index (χ0v) is 11.9. The molecule has 2 aromatic rings. The van der Waals surface area contributed by atoms with E-state index in [1.807, 2.05) is 0 Å². The molecule has 3 rings (SSSR count). The lowest BCUT2D eigenvalue weighted by molar-refractivity contribution is 0.0904. The molecule has 2 unspecified atom stereocenters. The molecule has 1 N–H and O–H groups in total. The van der Waals surface area contributed by atoms with Crippen LogP contribution in [0.3, 0.4) is 0 Å². The summed E-state index contributed by atoms with van der Waals surface area (Å²) < 4.78 is 1.50. The van der Waals surface area contributed by atoms with E-state index in [1.165, 1.54) is 36.6 Å². The number of amides is 1. The molecule has 1 fully saturated rings. The fourth-order valence-electron chi connectivity index (χ4n) is 2.67. The number of aromatic nitrogens is 5. The molecule has 0 aliphatic heterocycles. The van der Waals surface area contributed by atoms with Crippen molar-refractivity contribution in [1.29, 1.82) is 0 Å². The SMILES string of the molecule is CC1CCCCC1NC(=O)c1ccc(-n2cncn2)nn1. The van der Waals surface area contributed by atoms with E-state index in [9.17, 15) is 4.79 Å². The monoisotopic (exact) mass is 286 g/mol. The summed E-state index contributed by atoms with van der Waals surface area (Å²) in [6.07, 6.45) is 7.59. The first-order valence-corrected chi connectivity index (χ1v) is 7.23. The largest absolute Gasteiger partial charge is 0.348 e. The molecule has 1 aliphatic carbocycles. The number of hydrogen-bond acceptors (Lipinski definition) is 5. The van der Waals surface area contributed by atoms with Crippen LogP contribution in [0.15, 0.2) is 24.8 Å². The summed E-state index contributed by atoms with van der Waals surface area (Å²) in [6, 6.07) is 3.61. The van der Waals surface area contributed by atoms with E-state index in [0.29, 0.717) is 17.4 Å². The van der Waals surface area contributed by atoms with E-state index >= 15 is 0 Å². The molecule has 2 aromatic heterocycles. The van der Waals surface area contributed by atoms with Crippen molar-refractivity contribution in [3.63, 3.8) is 0 Å². The smallest absolute Gasteiger partial charge is 0.272 e. The van der Waals surface area contributed by atoms with Crippen molar-refractivity contribution in [2.24, 2.45) is 5.92 Å². The second-order valence-electron chi connectivity index (χ2n) is 5.46. The molecule has 0 radical (unpaired) electrons. The van der Waals surface area contributed by atoms with Crippen LogP contribution in [0.5, 0.6) is 0 Å². The molecular formula is C14H18N6O. The summed E-state index contributed by atoms with van der Waals surface area (Å²) in [7, 11) is 0. The Hall–Kier alpha value is -2.31. The lowest BCUT2D eigenvalue weighted by atomic mass is 9.86. The Bertz CT molecular complexity index is 594. The van der Waals surface area contributed by atoms with Crippen LogP contribution in [0.1, 0.15) is 43.1 Å². The molecule has 1 amide bonds. The van der Waals surface area contributed by atoms with Crippen molar-refractivity contribution in [2.45, 2.75) is 38.6 Å². The third kappa shape index (κ3) is 3.07. The van der Waals surface area contributed by atoms with Gasteiger partial charge in [0.25, 0.3) is 5.91 Å². The Morgan fingerprint density at radius 3 is 2.81 bits per heavy atom. The predicted octanol–water partition coefficient (Wildman–Crippen LogP) is 1.37.